The molecule has 0 aliphatic carbocycles. The molecule has 84 valence electrons. The average molecular weight is 211 g/mol. The van der Waals surface area contributed by atoms with Gasteiger partial charge in [-0.25, -0.2) is 0 Å². The Morgan fingerprint density at radius 3 is 3.00 bits per heavy atom. The first-order chi connectivity index (χ1) is 7.09. The van der Waals surface area contributed by atoms with Gasteiger partial charge in [0.05, 0.1) is 6.10 Å². The van der Waals surface area contributed by atoms with Gasteiger partial charge in [0.1, 0.15) is 5.69 Å². The van der Waals surface area contributed by atoms with Gasteiger partial charge in [-0.05, 0) is 25.8 Å². The van der Waals surface area contributed by atoms with Crippen LogP contribution in [0, 0.1) is 0 Å². The number of nitrogens with one attached hydrogen (secondary N) is 1. The molecule has 0 aliphatic rings. The molecule has 1 heterocycles. The molecule has 0 saturated carbocycles. The number of aliphatic hydroxyl groups excluding tert-OH is 1. The van der Waals surface area contributed by atoms with Gasteiger partial charge in [0.15, 0.2) is 0 Å². The summed E-state index contributed by atoms with van der Waals surface area (Å²) in [5.41, 5.74) is 0.426. The fraction of sp³-hybridized carbons (Fsp3) is 0.600. The Morgan fingerprint density at radius 2 is 2.47 bits per heavy atom. The molecule has 1 aromatic rings. The number of carbonyl (C=O) groups is 1. The molecule has 0 spiro atoms. The Morgan fingerprint density at radius 1 is 1.73 bits per heavy atom. The van der Waals surface area contributed by atoms with E-state index in [0.29, 0.717) is 18.7 Å². The second-order valence-corrected chi connectivity index (χ2v) is 3.62. The summed E-state index contributed by atoms with van der Waals surface area (Å²) in [5, 5.41) is 15.7. The van der Waals surface area contributed by atoms with Crippen molar-refractivity contribution in [2.45, 2.75) is 25.9 Å². The maximum absolute atomic E-state index is 11.5. The van der Waals surface area contributed by atoms with Crippen LogP contribution in [0.5, 0.6) is 0 Å². The van der Waals surface area contributed by atoms with Crippen LogP contribution in [-0.2, 0) is 7.05 Å². The predicted molar refractivity (Wildman–Crippen MR) is 56.5 cm³/mol. The van der Waals surface area contributed by atoms with Crippen LogP contribution in [0.2, 0.25) is 0 Å². The maximum atomic E-state index is 11.5. The zero-order valence-corrected chi connectivity index (χ0v) is 9.10. The number of hydrogen-bond donors (Lipinski definition) is 2. The van der Waals surface area contributed by atoms with E-state index < -0.39 is 0 Å². The molecule has 0 aliphatic heterocycles. The van der Waals surface area contributed by atoms with Crippen molar-refractivity contribution in [3.63, 3.8) is 0 Å². The van der Waals surface area contributed by atoms with Crippen molar-refractivity contribution < 1.29 is 9.90 Å². The largest absolute Gasteiger partial charge is 0.393 e. The summed E-state index contributed by atoms with van der Waals surface area (Å²) >= 11 is 0. The van der Waals surface area contributed by atoms with E-state index in [1.54, 1.807) is 30.9 Å². The van der Waals surface area contributed by atoms with Gasteiger partial charge >= 0.3 is 0 Å². The van der Waals surface area contributed by atoms with E-state index in [4.69, 9.17) is 5.11 Å². The van der Waals surface area contributed by atoms with Gasteiger partial charge < -0.3 is 10.4 Å². The average Bonchev–Trinajstić information content (AvgIpc) is 2.59. The van der Waals surface area contributed by atoms with Crippen LogP contribution in [0.25, 0.3) is 0 Å². The molecular weight excluding hydrogens is 194 g/mol. The third-order valence-electron chi connectivity index (χ3n) is 2.03. The molecule has 5 heteroatoms. The smallest absolute Gasteiger partial charge is 0.271 e. The maximum Gasteiger partial charge on any atom is 0.271 e. The van der Waals surface area contributed by atoms with Gasteiger partial charge in [0.2, 0.25) is 0 Å². The minimum absolute atomic E-state index is 0.166. The third kappa shape index (κ3) is 4.12. The van der Waals surface area contributed by atoms with E-state index in [0.717, 1.165) is 6.42 Å². The van der Waals surface area contributed by atoms with Crippen molar-refractivity contribution in [1.29, 1.82) is 0 Å². The Balaban J connectivity index is 2.25. The molecule has 0 radical (unpaired) electrons. The van der Waals surface area contributed by atoms with Crippen LogP contribution >= 0.6 is 0 Å². The molecule has 5 nitrogen and oxygen atoms in total. The zero-order chi connectivity index (χ0) is 11.3. The van der Waals surface area contributed by atoms with E-state index in [9.17, 15) is 4.79 Å². The minimum Gasteiger partial charge on any atom is -0.393 e. The number of aromatic nitrogens is 2. The molecule has 1 aromatic heterocycles. The van der Waals surface area contributed by atoms with Crippen molar-refractivity contribution in [1.82, 2.24) is 15.1 Å². The number of amides is 1. The lowest BCUT2D eigenvalue weighted by molar-refractivity contribution is 0.0944. The summed E-state index contributed by atoms with van der Waals surface area (Å²) in [6.07, 6.45) is 2.89. The first-order valence-electron chi connectivity index (χ1n) is 5.05. The van der Waals surface area contributed by atoms with Gasteiger partial charge in [-0.1, -0.05) is 0 Å². The van der Waals surface area contributed by atoms with Crippen LogP contribution in [-0.4, -0.2) is 33.4 Å². The standard InChI is InChI=1S/C10H17N3O2/c1-8(14)4-3-6-11-10(15)9-5-7-13(2)12-9/h5,7-8,14H,3-4,6H2,1-2H3,(H,11,15). The van der Waals surface area contributed by atoms with Crippen molar-refractivity contribution in [3.8, 4) is 0 Å². The minimum atomic E-state index is -0.309. The highest BCUT2D eigenvalue weighted by atomic mass is 16.3. The second kappa shape index (κ2) is 5.50. The highest BCUT2D eigenvalue weighted by Crippen LogP contribution is 1.96. The number of hydrogen-bond acceptors (Lipinski definition) is 3. The quantitative estimate of drug-likeness (QED) is 0.689. The lowest BCUT2D eigenvalue weighted by Gasteiger charge is -2.04. The topological polar surface area (TPSA) is 67.2 Å². The molecule has 2 N–H and O–H groups in total. The summed E-state index contributed by atoms with van der Waals surface area (Å²) in [6, 6.07) is 1.67. The number of nitrogens with zero attached hydrogens (tertiary/aromatic N) is 2. The van der Waals surface area contributed by atoms with Crippen molar-refractivity contribution in [2.75, 3.05) is 6.54 Å². The lowest BCUT2D eigenvalue weighted by atomic mass is 10.2. The zero-order valence-electron chi connectivity index (χ0n) is 9.10. The number of aliphatic hydroxyl groups is 1. The second-order valence-electron chi connectivity index (χ2n) is 3.62. The number of aryl methyl sites for hydroxylation is 1. The van der Waals surface area contributed by atoms with Gasteiger partial charge in [0.25, 0.3) is 5.91 Å². The van der Waals surface area contributed by atoms with E-state index >= 15 is 0 Å². The molecule has 0 aromatic carbocycles. The van der Waals surface area contributed by atoms with Crippen LogP contribution in [0.1, 0.15) is 30.3 Å². The van der Waals surface area contributed by atoms with Crippen LogP contribution in [0.15, 0.2) is 12.3 Å². The van der Waals surface area contributed by atoms with Gasteiger partial charge in [-0.3, -0.25) is 9.48 Å². The number of carbonyl (C=O) groups excluding carboxylic acids is 1. The Bertz CT molecular complexity index is 320. The molecule has 1 unspecified atom stereocenters. The first-order valence-corrected chi connectivity index (χ1v) is 5.05. The molecule has 0 fully saturated rings. The Labute approximate surface area is 89.1 Å². The molecule has 0 bridgehead atoms. The summed E-state index contributed by atoms with van der Waals surface area (Å²) in [4.78, 5) is 11.5. The molecule has 1 amide bonds. The van der Waals surface area contributed by atoms with E-state index in [-0.39, 0.29) is 12.0 Å². The SMILES string of the molecule is CC(O)CCCNC(=O)c1ccn(C)n1. The van der Waals surface area contributed by atoms with Gasteiger partial charge in [-0.15, -0.1) is 0 Å². The summed E-state index contributed by atoms with van der Waals surface area (Å²) in [5.74, 6) is -0.166. The monoisotopic (exact) mass is 211 g/mol. The van der Waals surface area contributed by atoms with E-state index in [1.807, 2.05) is 0 Å². The first kappa shape index (κ1) is 11.7. The molecule has 15 heavy (non-hydrogen) atoms. The van der Waals surface area contributed by atoms with Crippen LogP contribution < -0.4 is 5.32 Å². The fourth-order valence-electron chi connectivity index (χ4n) is 1.23. The highest BCUT2D eigenvalue weighted by molar-refractivity contribution is 5.92. The summed E-state index contributed by atoms with van der Waals surface area (Å²) in [7, 11) is 1.77. The lowest BCUT2D eigenvalue weighted by Crippen LogP contribution is -2.25. The van der Waals surface area contributed by atoms with E-state index in [1.165, 1.54) is 0 Å². The van der Waals surface area contributed by atoms with Crippen LogP contribution in [0.3, 0.4) is 0 Å². The van der Waals surface area contributed by atoms with Crippen molar-refractivity contribution in [3.05, 3.63) is 18.0 Å². The molecular formula is C10H17N3O2. The van der Waals surface area contributed by atoms with Crippen molar-refractivity contribution in [2.24, 2.45) is 7.05 Å². The Hall–Kier alpha value is -1.36. The highest BCUT2D eigenvalue weighted by Gasteiger charge is 2.07. The number of rotatable bonds is 5. The molecule has 1 atom stereocenters. The normalized spacial score (nSPS) is 12.5. The summed E-state index contributed by atoms with van der Waals surface area (Å²) < 4.78 is 1.59. The predicted octanol–water partition coefficient (Wildman–Crippen LogP) is 0.311. The molecule has 1 rings (SSSR count). The van der Waals surface area contributed by atoms with Gasteiger partial charge in [0, 0.05) is 19.8 Å². The Kier molecular flexibility index (Phi) is 4.30. The van der Waals surface area contributed by atoms with Crippen molar-refractivity contribution >= 4 is 5.91 Å². The fourth-order valence-corrected chi connectivity index (χ4v) is 1.23. The summed E-state index contributed by atoms with van der Waals surface area (Å²) in [6.45, 7) is 2.31. The van der Waals surface area contributed by atoms with E-state index in [2.05, 4.69) is 10.4 Å². The molecule has 0 saturated heterocycles. The third-order valence-corrected chi connectivity index (χ3v) is 2.03. The van der Waals surface area contributed by atoms with Gasteiger partial charge in [-0.2, -0.15) is 5.10 Å². The van der Waals surface area contributed by atoms with Crippen LogP contribution in [0.4, 0.5) is 0 Å².